The third kappa shape index (κ3) is 5.26. The first kappa shape index (κ1) is 29.3. The van der Waals surface area contributed by atoms with Crippen molar-refractivity contribution in [1.82, 2.24) is 9.97 Å². The molecule has 0 radical (unpaired) electrons. The normalized spacial score (nSPS) is 29.5. The Hall–Kier alpha value is -2.21. The smallest absolute Gasteiger partial charge is 0.340 e. The van der Waals surface area contributed by atoms with E-state index in [1.807, 2.05) is 6.92 Å². The van der Waals surface area contributed by atoms with Gasteiger partial charge >= 0.3 is 5.97 Å². The molecular formula is C29H35Br2N3O6. The van der Waals surface area contributed by atoms with Crippen molar-refractivity contribution in [3.05, 3.63) is 44.4 Å². The molecule has 7 unspecified atom stereocenters. The molecule has 2 saturated heterocycles. The molecule has 11 heteroatoms. The Morgan fingerprint density at radius 3 is 2.62 bits per heavy atom. The van der Waals surface area contributed by atoms with Crippen LogP contribution < -0.4 is 5.32 Å². The number of nitrogens with one attached hydrogen (secondary N) is 2. The molecule has 9 nitrogen and oxygen atoms in total. The van der Waals surface area contributed by atoms with Crippen molar-refractivity contribution in [2.75, 3.05) is 12.4 Å². The number of ketones is 1. The number of H-pyrrole nitrogens is 1. The van der Waals surface area contributed by atoms with Gasteiger partial charge in [-0.05, 0) is 74.7 Å². The Balaban J connectivity index is 1.38. The second kappa shape index (κ2) is 11.2. The van der Waals surface area contributed by atoms with Crippen LogP contribution in [0.1, 0.15) is 73.7 Å². The molecule has 3 N–H and O–H groups in total. The molecule has 0 saturated carbocycles. The van der Waals surface area contributed by atoms with Gasteiger partial charge < -0.3 is 29.3 Å². The zero-order valence-corrected chi connectivity index (χ0v) is 26.4. The van der Waals surface area contributed by atoms with Gasteiger partial charge in [0.15, 0.2) is 23.0 Å². The molecule has 2 aromatic heterocycles. The second-order valence-electron chi connectivity index (χ2n) is 11.4. The van der Waals surface area contributed by atoms with Gasteiger partial charge in [-0.2, -0.15) is 0 Å². The van der Waals surface area contributed by atoms with E-state index >= 15 is 0 Å². The van der Waals surface area contributed by atoms with Gasteiger partial charge in [-0.1, -0.05) is 27.7 Å². The molecule has 4 heterocycles. The molecule has 7 atom stereocenters. The summed E-state index contributed by atoms with van der Waals surface area (Å²) in [6.07, 6.45) is 2.34. The van der Waals surface area contributed by atoms with Crippen LogP contribution >= 0.6 is 31.9 Å². The molecule has 2 aliphatic heterocycles. The van der Waals surface area contributed by atoms with Crippen LogP contribution in [0.4, 0.5) is 5.69 Å². The van der Waals surface area contributed by atoms with Crippen LogP contribution in [0.3, 0.4) is 0 Å². The Bertz CT molecular complexity index is 1420. The van der Waals surface area contributed by atoms with E-state index in [4.69, 9.17) is 13.9 Å². The number of benzene rings is 1. The standard InChI is InChI=1S/C29H35Br2N3O6/c1-13-8-9-29(15(3)10-14(2)26(40-29)16(4)25(35)19-11-17(30)27(31)33-19)39-21(13)12-22-34-24-20(38-22)7-6-18(32-5)23(24)28(36)37/h6-7,11,13-16,21,26,32-33H,8-10,12H2,1-5H3,(H,36,37). The molecule has 0 bridgehead atoms. The van der Waals surface area contributed by atoms with Gasteiger partial charge in [0.1, 0.15) is 11.1 Å². The summed E-state index contributed by atoms with van der Waals surface area (Å²) in [6, 6.07) is 5.20. The lowest BCUT2D eigenvalue weighted by atomic mass is 9.75. The number of Topliss-reactive ketones (excluding diaryl/α,β-unsaturated/α-hetero) is 1. The number of anilines is 1. The van der Waals surface area contributed by atoms with E-state index in [-0.39, 0.29) is 47.2 Å². The van der Waals surface area contributed by atoms with Crippen LogP contribution in [0.5, 0.6) is 0 Å². The van der Waals surface area contributed by atoms with Crippen molar-refractivity contribution >= 4 is 60.4 Å². The van der Waals surface area contributed by atoms with Gasteiger partial charge in [-0.25, -0.2) is 9.78 Å². The third-order valence-electron chi connectivity index (χ3n) is 8.67. The van der Waals surface area contributed by atoms with Gasteiger partial charge in [-0.15, -0.1) is 0 Å². The number of carboxylic acid groups (broad SMARTS) is 1. The number of carboxylic acids is 1. The first-order valence-corrected chi connectivity index (χ1v) is 15.3. The number of aromatic amines is 1. The third-order valence-corrected chi connectivity index (χ3v) is 10.5. The summed E-state index contributed by atoms with van der Waals surface area (Å²) < 4.78 is 21.2. The van der Waals surface area contributed by atoms with Crippen molar-refractivity contribution < 1.29 is 28.6 Å². The Kier molecular flexibility index (Phi) is 8.22. The molecular weight excluding hydrogens is 646 g/mol. The molecule has 3 aromatic rings. The number of rotatable bonds is 7. The van der Waals surface area contributed by atoms with Crippen molar-refractivity contribution in [3.63, 3.8) is 0 Å². The van der Waals surface area contributed by atoms with Crippen molar-refractivity contribution in [1.29, 1.82) is 0 Å². The highest BCUT2D eigenvalue weighted by Crippen LogP contribution is 2.48. The average molecular weight is 681 g/mol. The van der Waals surface area contributed by atoms with Crippen LogP contribution in [0.25, 0.3) is 11.1 Å². The summed E-state index contributed by atoms with van der Waals surface area (Å²) in [7, 11) is 1.68. The maximum absolute atomic E-state index is 13.4. The van der Waals surface area contributed by atoms with Crippen molar-refractivity contribution in [2.45, 2.75) is 71.4 Å². The van der Waals surface area contributed by atoms with E-state index < -0.39 is 11.8 Å². The summed E-state index contributed by atoms with van der Waals surface area (Å²) in [5.74, 6) is -1.31. The molecule has 40 heavy (non-hydrogen) atoms. The lowest BCUT2D eigenvalue weighted by Crippen LogP contribution is -2.58. The Morgan fingerprint density at radius 1 is 1.23 bits per heavy atom. The molecule has 1 spiro atoms. The van der Waals surface area contributed by atoms with Gasteiger partial charge in [0.2, 0.25) is 0 Å². The number of hydrogen-bond acceptors (Lipinski definition) is 7. The monoisotopic (exact) mass is 679 g/mol. The number of carbonyl (C=O) groups excluding carboxylic acids is 1. The lowest BCUT2D eigenvalue weighted by Gasteiger charge is -2.53. The minimum atomic E-state index is -1.07. The van der Waals surface area contributed by atoms with Crippen molar-refractivity contribution in [3.8, 4) is 0 Å². The summed E-state index contributed by atoms with van der Waals surface area (Å²) >= 11 is 6.87. The highest BCUT2D eigenvalue weighted by molar-refractivity contribution is 9.13. The largest absolute Gasteiger partial charge is 0.478 e. The zero-order valence-electron chi connectivity index (χ0n) is 23.2. The predicted molar refractivity (Wildman–Crippen MR) is 158 cm³/mol. The molecule has 216 valence electrons. The fourth-order valence-electron chi connectivity index (χ4n) is 6.32. The van der Waals surface area contributed by atoms with Gasteiger partial charge in [0.25, 0.3) is 0 Å². The zero-order chi connectivity index (χ0) is 28.9. The quantitative estimate of drug-likeness (QED) is 0.227. The number of ether oxygens (including phenoxy) is 2. The highest BCUT2D eigenvalue weighted by Gasteiger charge is 2.52. The van der Waals surface area contributed by atoms with Crippen molar-refractivity contribution in [2.24, 2.45) is 23.7 Å². The number of hydrogen-bond donors (Lipinski definition) is 3. The number of aromatic nitrogens is 2. The van der Waals surface area contributed by atoms with E-state index in [0.717, 1.165) is 28.3 Å². The highest BCUT2D eigenvalue weighted by atomic mass is 79.9. The van der Waals surface area contributed by atoms with E-state index in [1.54, 1.807) is 25.2 Å². The van der Waals surface area contributed by atoms with E-state index in [2.05, 4.69) is 67.9 Å². The molecule has 2 fully saturated rings. The number of fused-ring (bicyclic) bond motifs is 1. The minimum absolute atomic E-state index is 0.00432. The van der Waals surface area contributed by atoms with E-state index in [1.165, 1.54) is 0 Å². The SMILES string of the molecule is CNc1ccc2oc(CC3OC4(CCC3C)OC(C(C)C(=O)c3cc(Br)c(Br)[nH]3)C(C)CC4C)nc2c1C(=O)O. The summed E-state index contributed by atoms with van der Waals surface area (Å²) in [5, 5.41) is 12.7. The van der Waals surface area contributed by atoms with Gasteiger partial charge in [-0.3, -0.25) is 4.79 Å². The Morgan fingerprint density at radius 2 is 1.98 bits per heavy atom. The fraction of sp³-hybridized carbons (Fsp3) is 0.552. The van der Waals surface area contributed by atoms with E-state index in [0.29, 0.717) is 34.8 Å². The van der Waals surface area contributed by atoms with Gasteiger partial charge in [0, 0.05) is 25.3 Å². The van der Waals surface area contributed by atoms with Gasteiger partial charge in [0.05, 0.1) is 39.1 Å². The average Bonchev–Trinajstić information content (AvgIpc) is 3.48. The molecule has 0 amide bonds. The fourth-order valence-corrected chi connectivity index (χ4v) is 6.98. The molecule has 0 aliphatic carbocycles. The van der Waals surface area contributed by atoms with Crippen LogP contribution in [-0.4, -0.2) is 51.9 Å². The lowest BCUT2D eigenvalue weighted by molar-refractivity contribution is -0.355. The number of halogens is 2. The predicted octanol–water partition coefficient (Wildman–Crippen LogP) is 7.05. The number of carbonyl (C=O) groups is 2. The topological polar surface area (TPSA) is 127 Å². The van der Waals surface area contributed by atoms with E-state index in [9.17, 15) is 14.7 Å². The first-order valence-electron chi connectivity index (χ1n) is 13.7. The molecule has 5 rings (SSSR count). The first-order chi connectivity index (χ1) is 18.9. The molecule has 1 aromatic carbocycles. The number of oxazole rings is 1. The summed E-state index contributed by atoms with van der Waals surface area (Å²) in [4.78, 5) is 33.1. The second-order valence-corrected chi connectivity index (χ2v) is 13.0. The maximum Gasteiger partial charge on any atom is 0.340 e. The van der Waals surface area contributed by atoms with Crippen LogP contribution in [0.15, 0.2) is 31.7 Å². The summed E-state index contributed by atoms with van der Waals surface area (Å²) in [6.45, 7) is 8.36. The number of nitrogens with zero attached hydrogens (tertiary/aromatic N) is 1. The van der Waals surface area contributed by atoms with Crippen LogP contribution in [0.2, 0.25) is 0 Å². The molecule has 2 aliphatic rings. The maximum atomic E-state index is 13.4. The number of aromatic carboxylic acids is 1. The van der Waals surface area contributed by atoms with Crippen LogP contribution in [-0.2, 0) is 15.9 Å². The Labute approximate surface area is 250 Å². The summed E-state index contributed by atoms with van der Waals surface area (Å²) in [5.41, 5.74) is 1.84. The minimum Gasteiger partial charge on any atom is -0.478 e. The van der Waals surface area contributed by atoms with Crippen LogP contribution in [0, 0.1) is 23.7 Å².